The maximum absolute atomic E-state index is 12.0. The lowest BCUT2D eigenvalue weighted by Crippen LogP contribution is -2.08. The highest BCUT2D eigenvalue weighted by atomic mass is 31.2. The summed E-state index contributed by atoms with van der Waals surface area (Å²) in [5.41, 5.74) is 1.87. The summed E-state index contributed by atoms with van der Waals surface area (Å²) in [4.78, 5) is 21.5. The Morgan fingerprint density at radius 2 is 1.76 bits per heavy atom. The number of hydrogen-bond acceptors (Lipinski definition) is 3. The van der Waals surface area contributed by atoms with Crippen molar-refractivity contribution in [2.24, 2.45) is 0 Å². The predicted molar refractivity (Wildman–Crippen MR) is 66.4 cm³/mol. The fraction of sp³-hybridized carbons (Fsp3) is 0.417. The van der Waals surface area contributed by atoms with Crippen LogP contribution in [0.5, 0.6) is 0 Å². The Bertz CT molecular complexity index is 470. The van der Waals surface area contributed by atoms with Crippen LogP contribution in [0.25, 0.3) is 0 Å². The van der Waals surface area contributed by atoms with E-state index >= 15 is 0 Å². The van der Waals surface area contributed by atoms with Crippen LogP contribution in [0.15, 0.2) is 12.1 Å². The maximum Gasteiger partial charge on any atom is 0.399 e. The lowest BCUT2D eigenvalue weighted by molar-refractivity contribution is 0.102. The van der Waals surface area contributed by atoms with Crippen LogP contribution in [0.3, 0.4) is 0 Å². The molecule has 0 aliphatic carbocycles. The van der Waals surface area contributed by atoms with Gasteiger partial charge in [-0.05, 0) is 38.8 Å². The summed E-state index contributed by atoms with van der Waals surface area (Å²) in [6, 6.07) is 3.62. The van der Waals surface area contributed by atoms with Crippen molar-refractivity contribution in [2.45, 2.75) is 27.7 Å². The van der Waals surface area contributed by atoms with Gasteiger partial charge in [0.25, 0.3) is 5.52 Å². The third-order valence-electron chi connectivity index (χ3n) is 2.45. The predicted octanol–water partition coefficient (Wildman–Crippen LogP) is 2.97. The lowest BCUT2D eigenvalue weighted by Gasteiger charge is -2.14. The van der Waals surface area contributed by atoms with Crippen molar-refractivity contribution in [3.63, 3.8) is 0 Å². The molecule has 0 saturated heterocycles. The highest BCUT2D eigenvalue weighted by molar-refractivity contribution is 7.71. The van der Waals surface area contributed by atoms with Gasteiger partial charge in [-0.25, -0.2) is 0 Å². The van der Waals surface area contributed by atoms with Crippen molar-refractivity contribution in [3.8, 4) is 0 Å². The monoisotopic (exact) mass is 256 g/mol. The molecule has 1 aromatic rings. The van der Waals surface area contributed by atoms with E-state index in [0.717, 1.165) is 5.56 Å². The van der Waals surface area contributed by atoms with Crippen molar-refractivity contribution in [1.82, 2.24) is 0 Å². The molecule has 0 aromatic heterocycles. The molecule has 1 N–H and O–H groups in total. The number of benzene rings is 1. The van der Waals surface area contributed by atoms with Gasteiger partial charge in [0.05, 0.1) is 6.61 Å². The van der Waals surface area contributed by atoms with E-state index < -0.39 is 13.1 Å². The number of aryl methyl sites for hydroxylation is 3. The van der Waals surface area contributed by atoms with Crippen LogP contribution >= 0.6 is 7.60 Å². The van der Waals surface area contributed by atoms with Gasteiger partial charge in [-0.15, -0.1) is 0 Å². The Balaban J connectivity index is 3.27. The Morgan fingerprint density at radius 3 is 2.18 bits per heavy atom. The first kappa shape index (κ1) is 14.1. The van der Waals surface area contributed by atoms with E-state index in [1.165, 1.54) is 0 Å². The fourth-order valence-corrected chi connectivity index (χ4v) is 2.99. The molecule has 0 radical (unpaired) electrons. The van der Waals surface area contributed by atoms with Crippen molar-refractivity contribution in [2.75, 3.05) is 6.61 Å². The Kier molecular flexibility index (Phi) is 4.26. The van der Waals surface area contributed by atoms with Gasteiger partial charge in [0, 0.05) is 5.56 Å². The van der Waals surface area contributed by atoms with E-state index in [4.69, 9.17) is 0 Å². The van der Waals surface area contributed by atoms with Crippen LogP contribution in [0.4, 0.5) is 0 Å². The normalized spacial score (nSPS) is 14.4. The van der Waals surface area contributed by atoms with Crippen LogP contribution < -0.4 is 0 Å². The number of hydrogen-bond donors (Lipinski definition) is 1. The van der Waals surface area contributed by atoms with Crippen LogP contribution in [0, 0.1) is 20.8 Å². The molecule has 5 heteroatoms. The molecule has 1 unspecified atom stereocenters. The molecule has 0 amide bonds. The maximum atomic E-state index is 12.0. The van der Waals surface area contributed by atoms with Crippen LogP contribution in [0.1, 0.15) is 34.0 Å². The zero-order valence-electron chi connectivity index (χ0n) is 10.5. The van der Waals surface area contributed by atoms with E-state index in [9.17, 15) is 14.3 Å². The fourth-order valence-electron chi connectivity index (χ4n) is 1.89. The summed E-state index contributed by atoms with van der Waals surface area (Å²) in [5, 5.41) is 0. The molecule has 0 spiro atoms. The summed E-state index contributed by atoms with van der Waals surface area (Å²) < 4.78 is 16.3. The molecule has 1 aromatic carbocycles. The van der Waals surface area contributed by atoms with E-state index in [0.29, 0.717) is 11.1 Å². The van der Waals surface area contributed by atoms with Gasteiger partial charge >= 0.3 is 7.60 Å². The molecule has 1 rings (SSSR count). The van der Waals surface area contributed by atoms with Crippen LogP contribution in [0.2, 0.25) is 0 Å². The second-order valence-corrected chi connectivity index (χ2v) is 5.72. The van der Waals surface area contributed by atoms with Gasteiger partial charge in [-0.1, -0.05) is 17.7 Å². The molecule has 4 nitrogen and oxygen atoms in total. The first-order valence-electron chi connectivity index (χ1n) is 5.39. The number of carbonyl (C=O) groups is 1. The van der Waals surface area contributed by atoms with Gasteiger partial charge in [0.15, 0.2) is 0 Å². The third-order valence-corrected chi connectivity index (χ3v) is 3.80. The van der Waals surface area contributed by atoms with Crippen molar-refractivity contribution >= 4 is 13.1 Å². The molecule has 1 atom stereocenters. The largest absolute Gasteiger partial charge is 0.399 e. The third kappa shape index (κ3) is 3.03. The molecule has 0 bridgehead atoms. The van der Waals surface area contributed by atoms with Gasteiger partial charge in [0.1, 0.15) is 0 Å². The second kappa shape index (κ2) is 5.13. The summed E-state index contributed by atoms with van der Waals surface area (Å²) in [5.74, 6) is 0. The molecule has 0 aliphatic rings. The van der Waals surface area contributed by atoms with Gasteiger partial charge in [-0.2, -0.15) is 0 Å². The van der Waals surface area contributed by atoms with Crippen molar-refractivity contribution < 1.29 is 18.8 Å². The van der Waals surface area contributed by atoms with E-state index in [-0.39, 0.29) is 12.2 Å². The minimum atomic E-state index is -4.21. The van der Waals surface area contributed by atoms with E-state index in [1.54, 1.807) is 20.8 Å². The number of carbonyl (C=O) groups excluding carboxylic acids is 1. The molecular formula is C12H17O4P. The summed E-state index contributed by atoms with van der Waals surface area (Å²) in [6.45, 7) is 7.02. The quantitative estimate of drug-likeness (QED) is 0.841. The minimum absolute atomic E-state index is 0.0312. The smallest absolute Gasteiger partial charge is 0.319 e. The molecular weight excluding hydrogens is 239 g/mol. The Morgan fingerprint density at radius 1 is 1.29 bits per heavy atom. The van der Waals surface area contributed by atoms with Gasteiger partial charge in [0.2, 0.25) is 0 Å². The van der Waals surface area contributed by atoms with E-state index in [2.05, 4.69) is 4.52 Å². The van der Waals surface area contributed by atoms with E-state index in [1.807, 2.05) is 19.1 Å². The molecule has 0 aliphatic heterocycles. The molecule has 94 valence electrons. The zero-order valence-corrected chi connectivity index (χ0v) is 11.4. The molecule has 0 heterocycles. The highest BCUT2D eigenvalue weighted by Crippen LogP contribution is 2.46. The van der Waals surface area contributed by atoms with Gasteiger partial charge in [-0.3, -0.25) is 9.36 Å². The first-order valence-corrected chi connectivity index (χ1v) is 6.97. The molecule has 17 heavy (non-hydrogen) atoms. The zero-order chi connectivity index (χ0) is 13.2. The van der Waals surface area contributed by atoms with Crippen molar-refractivity contribution in [3.05, 3.63) is 34.4 Å². The summed E-state index contributed by atoms with van der Waals surface area (Å²) >= 11 is 0. The lowest BCUT2D eigenvalue weighted by atomic mass is 10.0. The average Bonchev–Trinajstić information content (AvgIpc) is 2.15. The average molecular weight is 256 g/mol. The summed E-state index contributed by atoms with van der Waals surface area (Å²) in [6.07, 6.45) is 0. The topological polar surface area (TPSA) is 63.6 Å². The second-order valence-electron chi connectivity index (χ2n) is 4.02. The SMILES string of the molecule is CCOP(=O)(O)C(=O)c1c(C)cc(C)cc1C. The highest BCUT2D eigenvalue weighted by Gasteiger charge is 2.33. The standard InChI is InChI=1S/C12H17O4P/c1-5-16-17(14,15)12(13)11-9(3)6-8(2)7-10(11)4/h6-7H,5H2,1-4H3,(H,14,15). The van der Waals surface area contributed by atoms with Crippen molar-refractivity contribution in [1.29, 1.82) is 0 Å². The first-order chi connectivity index (χ1) is 7.79. The van der Waals surface area contributed by atoms with Crippen LogP contribution in [-0.4, -0.2) is 17.0 Å². The Hall–Kier alpha value is -0.960. The minimum Gasteiger partial charge on any atom is -0.319 e. The number of rotatable bonds is 4. The van der Waals surface area contributed by atoms with Crippen LogP contribution in [-0.2, 0) is 9.09 Å². The molecule has 0 fully saturated rings. The van der Waals surface area contributed by atoms with Gasteiger partial charge < -0.3 is 9.42 Å². The summed E-state index contributed by atoms with van der Waals surface area (Å²) in [7, 11) is -4.21. The molecule has 0 saturated carbocycles. The Labute approximate surface area is 101 Å².